The molecule has 1 aliphatic rings. The molecule has 1 amide bonds. The van der Waals surface area contributed by atoms with E-state index >= 15 is 0 Å². The second-order valence-corrected chi connectivity index (χ2v) is 12.8. The van der Waals surface area contributed by atoms with Crippen LogP contribution < -0.4 is 16.0 Å². The lowest BCUT2D eigenvalue weighted by Crippen LogP contribution is -2.39. The lowest BCUT2D eigenvalue weighted by atomic mass is 9.96. The van der Waals surface area contributed by atoms with E-state index in [1.54, 1.807) is 23.0 Å². The maximum absolute atomic E-state index is 11.4. The fraction of sp³-hybridized carbons (Fsp3) is 0.243. The van der Waals surface area contributed by atoms with E-state index in [0.717, 1.165) is 51.7 Å². The van der Waals surface area contributed by atoms with E-state index in [2.05, 4.69) is 51.4 Å². The fourth-order valence-electron chi connectivity index (χ4n) is 6.13. The van der Waals surface area contributed by atoms with Crippen molar-refractivity contribution in [3.8, 4) is 28.3 Å². The number of amides is 1. The van der Waals surface area contributed by atoms with Crippen LogP contribution in [0.1, 0.15) is 35.1 Å². The number of aliphatic carboxylic acids is 1. The molecular formula is C37H34Cl2N6O4. The van der Waals surface area contributed by atoms with E-state index in [0.29, 0.717) is 39.7 Å². The van der Waals surface area contributed by atoms with Crippen LogP contribution in [-0.2, 0) is 29.2 Å². The molecule has 1 saturated heterocycles. The lowest BCUT2D eigenvalue weighted by Gasteiger charge is -2.14. The predicted octanol–water partition coefficient (Wildman–Crippen LogP) is 5.50. The molecule has 12 heteroatoms. The summed E-state index contributed by atoms with van der Waals surface area (Å²) >= 11 is 13.8. The monoisotopic (exact) mass is 696 g/mol. The van der Waals surface area contributed by atoms with Crippen molar-refractivity contribution in [2.75, 3.05) is 13.2 Å². The Morgan fingerprint density at radius 3 is 2.51 bits per heavy atom. The summed E-state index contributed by atoms with van der Waals surface area (Å²) in [5.41, 5.74) is 7.21. The second kappa shape index (κ2) is 15.2. The molecule has 0 aliphatic carbocycles. The lowest BCUT2D eigenvalue weighted by molar-refractivity contribution is -0.140. The summed E-state index contributed by atoms with van der Waals surface area (Å²) in [6, 6.07) is 24.8. The molecule has 5 aromatic rings. The SMILES string of the molecule is N#Cc1cc(CNC(CO)C(=O)O)cc(Cl)c1Cn1ncc2c(-c3cccc(-c4ccc(CNCC5CCC(=O)N5)cc4)c3Cl)cccc21. The minimum absolute atomic E-state index is 0.115. The highest BCUT2D eigenvalue weighted by atomic mass is 35.5. The first-order chi connectivity index (χ1) is 23.7. The first-order valence-corrected chi connectivity index (χ1v) is 16.6. The number of halogens is 2. The molecule has 4 aromatic carbocycles. The molecule has 0 saturated carbocycles. The topological polar surface area (TPSA) is 152 Å². The number of carbonyl (C=O) groups is 2. The van der Waals surface area contributed by atoms with Gasteiger partial charge in [-0.3, -0.25) is 19.6 Å². The third-order valence-corrected chi connectivity index (χ3v) is 9.51. The van der Waals surface area contributed by atoms with Crippen LogP contribution in [0.15, 0.2) is 79.0 Å². The largest absolute Gasteiger partial charge is 0.480 e. The Morgan fingerprint density at radius 1 is 1.04 bits per heavy atom. The number of aromatic nitrogens is 2. The maximum atomic E-state index is 11.4. The number of carboxylic acids is 1. The van der Waals surface area contributed by atoms with Crippen molar-refractivity contribution in [3.63, 3.8) is 0 Å². The van der Waals surface area contributed by atoms with Gasteiger partial charge in [-0.25, -0.2) is 0 Å². The Balaban J connectivity index is 1.21. The van der Waals surface area contributed by atoms with Crippen molar-refractivity contribution >= 4 is 46.0 Å². The number of nitriles is 1. The van der Waals surface area contributed by atoms with Gasteiger partial charge in [0.15, 0.2) is 0 Å². The number of aliphatic hydroxyl groups is 1. The molecule has 2 atom stereocenters. The number of aliphatic hydroxyl groups excluding tert-OH is 1. The van der Waals surface area contributed by atoms with Gasteiger partial charge in [0.25, 0.3) is 0 Å². The summed E-state index contributed by atoms with van der Waals surface area (Å²) in [6.45, 7) is 1.23. The fourth-order valence-corrected chi connectivity index (χ4v) is 6.77. The smallest absolute Gasteiger partial charge is 0.323 e. The zero-order valence-electron chi connectivity index (χ0n) is 26.4. The molecule has 5 N–H and O–H groups in total. The molecular weight excluding hydrogens is 663 g/mol. The molecule has 1 aliphatic heterocycles. The summed E-state index contributed by atoms with van der Waals surface area (Å²) in [5.74, 6) is -1.05. The molecule has 2 heterocycles. The van der Waals surface area contributed by atoms with Crippen LogP contribution in [-0.4, -0.2) is 57.1 Å². The van der Waals surface area contributed by atoms with Gasteiger partial charge in [0, 0.05) is 59.2 Å². The van der Waals surface area contributed by atoms with E-state index in [1.165, 1.54) is 0 Å². The Morgan fingerprint density at radius 2 is 1.80 bits per heavy atom. The highest BCUT2D eigenvalue weighted by molar-refractivity contribution is 6.36. The molecule has 250 valence electrons. The number of nitrogens with zero attached hydrogens (tertiary/aromatic N) is 3. The van der Waals surface area contributed by atoms with Gasteiger partial charge < -0.3 is 20.8 Å². The van der Waals surface area contributed by atoms with Gasteiger partial charge in [-0.1, -0.05) is 77.8 Å². The standard InChI is InChI=1S/C37H34Cl2N6O4/c38-32-14-23(17-42-33(21-46)37(48)49)13-25(15-40)31(32)20-45-34-6-2-4-28(30(34)19-43-45)29-5-1-3-27(36(29)39)24-9-7-22(8-10-24)16-41-18-26-11-12-35(47)44-26/h1-10,13-14,19,26,33,41-42,46H,11-12,16-18,20-21H2,(H,44,47)(H,48,49). The second-order valence-electron chi connectivity index (χ2n) is 12.0. The maximum Gasteiger partial charge on any atom is 0.323 e. The van der Waals surface area contributed by atoms with Gasteiger partial charge in [0.05, 0.1) is 41.5 Å². The third kappa shape index (κ3) is 7.62. The van der Waals surface area contributed by atoms with Crippen LogP contribution in [0.2, 0.25) is 10.0 Å². The highest BCUT2D eigenvalue weighted by Gasteiger charge is 2.21. The van der Waals surface area contributed by atoms with Crippen molar-refractivity contribution in [1.82, 2.24) is 25.7 Å². The number of hydrogen-bond donors (Lipinski definition) is 5. The average molecular weight is 698 g/mol. The molecule has 10 nitrogen and oxygen atoms in total. The van der Waals surface area contributed by atoms with Crippen LogP contribution in [0.25, 0.3) is 33.2 Å². The van der Waals surface area contributed by atoms with E-state index in [1.807, 2.05) is 36.4 Å². The third-order valence-electron chi connectivity index (χ3n) is 8.76. The summed E-state index contributed by atoms with van der Waals surface area (Å²) in [6.07, 6.45) is 3.24. The Labute approximate surface area is 293 Å². The number of nitrogens with one attached hydrogen (secondary N) is 3. The first-order valence-electron chi connectivity index (χ1n) is 15.9. The minimum atomic E-state index is -1.17. The average Bonchev–Trinajstić information content (AvgIpc) is 3.72. The van der Waals surface area contributed by atoms with Gasteiger partial charge in [-0.15, -0.1) is 0 Å². The molecule has 6 rings (SSSR count). The van der Waals surface area contributed by atoms with Crippen LogP contribution >= 0.6 is 23.2 Å². The van der Waals surface area contributed by atoms with E-state index in [9.17, 15) is 25.1 Å². The number of carboxylic acid groups (broad SMARTS) is 1. The summed E-state index contributed by atoms with van der Waals surface area (Å²) < 4.78 is 1.79. The number of hydrogen-bond acceptors (Lipinski definition) is 7. The van der Waals surface area contributed by atoms with E-state index in [-0.39, 0.29) is 25.0 Å². The number of rotatable bonds is 13. The van der Waals surface area contributed by atoms with E-state index < -0.39 is 18.6 Å². The summed E-state index contributed by atoms with van der Waals surface area (Å²) in [4.78, 5) is 22.7. The molecule has 2 unspecified atom stereocenters. The normalized spacial score (nSPS) is 14.9. The van der Waals surface area contributed by atoms with Gasteiger partial charge >= 0.3 is 5.97 Å². The minimum Gasteiger partial charge on any atom is -0.480 e. The molecule has 0 spiro atoms. The molecule has 1 fully saturated rings. The van der Waals surface area contributed by atoms with Crippen molar-refractivity contribution in [3.05, 3.63) is 111 Å². The molecule has 0 radical (unpaired) electrons. The summed E-state index contributed by atoms with van der Waals surface area (Å²) in [7, 11) is 0. The van der Waals surface area contributed by atoms with Crippen LogP contribution in [0, 0.1) is 11.3 Å². The zero-order chi connectivity index (χ0) is 34.5. The van der Waals surface area contributed by atoms with Gasteiger partial charge in [0.2, 0.25) is 5.91 Å². The van der Waals surface area contributed by atoms with Crippen LogP contribution in [0.5, 0.6) is 0 Å². The first kappa shape index (κ1) is 34.1. The van der Waals surface area contributed by atoms with Crippen LogP contribution in [0.3, 0.4) is 0 Å². The molecule has 1 aromatic heterocycles. The quantitative estimate of drug-likeness (QED) is 0.108. The van der Waals surface area contributed by atoms with Gasteiger partial charge in [-0.05, 0) is 46.9 Å². The molecule has 49 heavy (non-hydrogen) atoms. The Kier molecular flexibility index (Phi) is 10.6. The Bertz CT molecular complexity index is 2060. The summed E-state index contributed by atoms with van der Waals surface area (Å²) in [5, 5.41) is 44.1. The van der Waals surface area contributed by atoms with Crippen molar-refractivity contribution < 1.29 is 19.8 Å². The number of fused-ring (bicyclic) bond motifs is 1. The zero-order valence-corrected chi connectivity index (χ0v) is 27.9. The molecule has 0 bridgehead atoms. The van der Waals surface area contributed by atoms with E-state index in [4.69, 9.17) is 23.2 Å². The van der Waals surface area contributed by atoms with Crippen molar-refractivity contribution in [2.45, 2.75) is 44.6 Å². The van der Waals surface area contributed by atoms with Crippen molar-refractivity contribution in [1.29, 1.82) is 5.26 Å². The van der Waals surface area contributed by atoms with Gasteiger partial charge in [0.1, 0.15) is 6.04 Å². The number of benzene rings is 4. The van der Waals surface area contributed by atoms with Crippen LogP contribution in [0.4, 0.5) is 0 Å². The van der Waals surface area contributed by atoms with Gasteiger partial charge in [-0.2, -0.15) is 10.4 Å². The van der Waals surface area contributed by atoms with Crippen molar-refractivity contribution in [2.24, 2.45) is 0 Å². The predicted molar refractivity (Wildman–Crippen MR) is 189 cm³/mol. The number of carbonyl (C=O) groups excluding carboxylic acids is 1. The Hall–Kier alpha value is -4.76. The highest BCUT2D eigenvalue weighted by Crippen LogP contribution is 2.39.